The van der Waals surface area contributed by atoms with Crippen molar-refractivity contribution in [3.63, 3.8) is 0 Å². The van der Waals surface area contributed by atoms with Gasteiger partial charge in [0, 0.05) is 34.9 Å². The Morgan fingerprint density at radius 2 is 1.72 bits per heavy atom. The van der Waals surface area contributed by atoms with Gasteiger partial charge < -0.3 is 16.0 Å². The molecule has 1 aromatic rings. The highest BCUT2D eigenvalue weighted by molar-refractivity contribution is 8.07. The quantitative estimate of drug-likeness (QED) is 0.410. The number of benzene rings is 1. The van der Waals surface area contributed by atoms with Gasteiger partial charge in [0.1, 0.15) is 0 Å². The van der Waals surface area contributed by atoms with E-state index >= 15 is 0 Å². The van der Waals surface area contributed by atoms with Gasteiger partial charge in [-0.3, -0.25) is 0 Å². The van der Waals surface area contributed by atoms with E-state index in [1.165, 1.54) is 21.6 Å². The van der Waals surface area contributed by atoms with Crippen LogP contribution in [0, 0.1) is 5.41 Å². The molecule has 2 rings (SSSR count). The summed E-state index contributed by atoms with van der Waals surface area (Å²) in [6, 6.07) is 9.28. The highest BCUT2D eigenvalue weighted by atomic mass is 32.2. The number of nitrogens with one attached hydrogen (secondary N) is 1. The van der Waals surface area contributed by atoms with Gasteiger partial charge in [-0.1, -0.05) is 63.8 Å². The summed E-state index contributed by atoms with van der Waals surface area (Å²) in [5, 5.41) is 3.65. The first-order valence-corrected chi connectivity index (χ1v) is 12.7. The van der Waals surface area contributed by atoms with Crippen LogP contribution in [-0.4, -0.2) is 29.8 Å². The van der Waals surface area contributed by atoms with Crippen LogP contribution in [0.4, 0.5) is 0 Å². The van der Waals surface area contributed by atoms with Gasteiger partial charge in [0.25, 0.3) is 0 Å². The fraction of sp³-hybridized carbons (Fsp3) is 0.500. The fourth-order valence-electron chi connectivity index (χ4n) is 4.14. The number of thioether (sulfide) groups is 1. The summed E-state index contributed by atoms with van der Waals surface area (Å²) in [5.41, 5.74) is 12.5. The molecule has 32 heavy (non-hydrogen) atoms. The van der Waals surface area contributed by atoms with Crippen molar-refractivity contribution in [2.24, 2.45) is 11.1 Å². The molecule has 3 N–H and O–H groups in total. The lowest BCUT2D eigenvalue weighted by Crippen LogP contribution is -2.46. The van der Waals surface area contributed by atoms with Gasteiger partial charge in [-0.25, -0.2) is 0 Å². The van der Waals surface area contributed by atoms with Crippen molar-refractivity contribution in [3.8, 4) is 0 Å². The zero-order chi connectivity index (χ0) is 24.6. The predicted octanol–water partition coefficient (Wildman–Crippen LogP) is 7.12. The Hall–Kier alpha value is -1.91. The number of allylic oxidation sites excluding steroid dienone is 1. The van der Waals surface area contributed by atoms with E-state index in [9.17, 15) is 0 Å². The maximum absolute atomic E-state index is 6.50. The van der Waals surface area contributed by atoms with Crippen molar-refractivity contribution in [1.82, 2.24) is 10.2 Å². The largest absolute Gasteiger partial charge is 0.381 e. The Morgan fingerprint density at radius 3 is 2.19 bits per heavy atom. The van der Waals surface area contributed by atoms with E-state index in [2.05, 4.69) is 109 Å². The van der Waals surface area contributed by atoms with Crippen molar-refractivity contribution in [1.29, 1.82) is 0 Å². The van der Waals surface area contributed by atoms with Crippen LogP contribution < -0.4 is 11.1 Å². The minimum Gasteiger partial charge on any atom is -0.381 e. The molecule has 1 aromatic carbocycles. The van der Waals surface area contributed by atoms with E-state index in [-0.39, 0.29) is 23.5 Å². The smallest absolute Gasteiger partial charge is 0.0680 e. The van der Waals surface area contributed by atoms with Crippen LogP contribution in [0.2, 0.25) is 0 Å². The van der Waals surface area contributed by atoms with E-state index in [0.717, 1.165) is 30.8 Å². The molecule has 1 aliphatic rings. The van der Waals surface area contributed by atoms with Crippen LogP contribution in [-0.2, 0) is 0 Å². The SMILES string of the molecule is C=C.C=C(NC(C)c1ccc(C(SC)=C(C)C)cc1)C1CCCN1C(=C)C(N)C(C)(C)C. The first-order valence-electron chi connectivity index (χ1n) is 11.5. The van der Waals surface area contributed by atoms with Crippen molar-refractivity contribution in [3.05, 3.63) is 78.7 Å². The van der Waals surface area contributed by atoms with Crippen LogP contribution in [0.1, 0.15) is 71.6 Å². The highest BCUT2D eigenvalue weighted by Crippen LogP contribution is 2.33. The molecule has 3 nitrogen and oxygen atoms in total. The van der Waals surface area contributed by atoms with E-state index < -0.39 is 0 Å². The van der Waals surface area contributed by atoms with E-state index in [4.69, 9.17) is 5.73 Å². The average molecular weight is 456 g/mol. The lowest BCUT2D eigenvalue weighted by molar-refractivity contribution is 0.257. The zero-order valence-corrected chi connectivity index (χ0v) is 22.2. The molecule has 4 heteroatoms. The first-order chi connectivity index (χ1) is 15.0. The molecule has 0 saturated carbocycles. The second kappa shape index (κ2) is 12.4. The Labute approximate surface area is 201 Å². The number of hydrogen-bond acceptors (Lipinski definition) is 4. The van der Waals surface area contributed by atoms with E-state index in [1.807, 2.05) is 0 Å². The number of nitrogens with zero attached hydrogens (tertiary/aromatic N) is 1. The van der Waals surface area contributed by atoms with Crippen molar-refractivity contribution in [2.75, 3.05) is 12.8 Å². The van der Waals surface area contributed by atoms with Crippen LogP contribution in [0.5, 0.6) is 0 Å². The summed E-state index contributed by atoms with van der Waals surface area (Å²) in [4.78, 5) is 3.71. The molecule has 0 radical (unpaired) electrons. The second-order valence-electron chi connectivity index (χ2n) is 9.73. The zero-order valence-electron chi connectivity index (χ0n) is 21.4. The second-order valence-corrected chi connectivity index (χ2v) is 10.5. The molecule has 1 aliphatic heterocycles. The van der Waals surface area contributed by atoms with Crippen LogP contribution in [0.15, 0.2) is 67.5 Å². The molecule has 1 heterocycles. The summed E-state index contributed by atoms with van der Waals surface area (Å²) in [6.45, 7) is 28.8. The minimum atomic E-state index is -0.0587. The Balaban J connectivity index is 0.00000249. The monoisotopic (exact) mass is 455 g/mol. The maximum atomic E-state index is 6.50. The summed E-state index contributed by atoms with van der Waals surface area (Å²) in [6.07, 6.45) is 4.37. The predicted molar refractivity (Wildman–Crippen MR) is 146 cm³/mol. The Bertz CT molecular complexity index is 797. The third-order valence-corrected chi connectivity index (χ3v) is 7.10. The third-order valence-electron chi connectivity index (χ3n) is 6.05. The van der Waals surface area contributed by atoms with E-state index in [0.29, 0.717) is 0 Å². The van der Waals surface area contributed by atoms with Gasteiger partial charge in [0.15, 0.2) is 0 Å². The normalized spacial score (nSPS) is 17.6. The van der Waals surface area contributed by atoms with Gasteiger partial charge >= 0.3 is 0 Å². The fourth-order valence-corrected chi connectivity index (χ4v) is 4.92. The molecule has 0 aliphatic carbocycles. The Morgan fingerprint density at radius 1 is 1.16 bits per heavy atom. The van der Waals surface area contributed by atoms with Crippen molar-refractivity contribution in [2.45, 2.75) is 72.5 Å². The molecular weight excluding hydrogens is 410 g/mol. The lowest BCUT2D eigenvalue weighted by atomic mass is 9.85. The molecule has 178 valence electrons. The minimum absolute atomic E-state index is 0.00502. The molecule has 0 aromatic heterocycles. The lowest BCUT2D eigenvalue weighted by Gasteiger charge is -2.38. The summed E-state index contributed by atoms with van der Waals surface area (Å²) >= 11 is 1.81. The summed E-state index contributed by atoms with van der Waals surface area (Å²) < 4.78 is 0. The Kier molecular flexibility index (Phi) is 10.9. The molecule has 0 bridgehead atoms. The van der Waals surface area contributed by atoms with Crippen molar-refractivity contribution < 1.29 is 0 Å². The number of hydrogen-bond donors (Lipinski definition) is 2. The van der Waals surface area contributed by atoms with Gasteiger partial charge in [0.05, 0.1) is 6.04 Å². The number of likely N-dealkylation sites (tertiary alicyclic amines) is 1. The molecular formula is C28H45N3S. The maximum Gasteiger partial charge on any atom is 0.0680 e. The molecule has 1 saturated heterocycles. The summed E-state index contributed by atoms with van der Waals surface area (Å²) in [5.74, 6) is 0. The van der Waals surface area contributed by atoms with Gasteiger partial charge in [0.2, 0.25) is 0 Å². The number of rotatable bonds is 8. The van der Waals surface area contributed by atoms with E-state index in [1.54, 1.807) is 11.8 Å². The molecule has 1 fully saturated rings. The van der Waals surface area contributed by atoms with Gasteiger partial charge in [-0.05, 0) is 56.4 Å². The summed E-state index contributed by atoms with van der Waals surface area (Å²) in [7, 11) is 0. The first kappa shape index (κ1) is 28.1. The van der Waals surface area contributed by atoms with Crippen LogP contribution >= 0.6 is 11.8 Å². The molecule has 0 spiro atoms. The van der Waals surface area contributed by atoms with Gasteiger partial charge in [-0.15, -0.1) is 24.9 Å². The molecule has 0 amide bonds. The van der Waals surface area contributed by atoms with Crippen LogP contribution in [0.3, 0.4) is 0 Å². The van der Waals surface area contributed by atoms with Gasteiger partial charge in [-0.2, -0.15) is 0 Å². The molecule has 3 atom stereocenters. The topological polar surface area (TPSA) is 41.3 Å². The highest BCUT2D eigenvalue weighted by Gasteiger charge is 2.34. The number of nitrogens with two attached hydrogens (primary N) is 1. The third kappa shape index (κ3) is 7.05. The molecule has 3 unspecified atom stereocenters. The standard InChI is InChI=1S/C26H41N3S.C2H4/c1-17(2)24(30-9)22-14-12-21(13-15-22)18(3)28-19(4)23-11-10-16-29(23)20(5)25(27)26(6,7)8;1-2/h12-15,18,23,25,28H,4-5,10-11,16,27H2,1-3,6-9H3;1-2H2. The average Bonchev–Trinajstić information content (AvgIpc) is 3.24. The van der Waals surface area contributed by atoms with Crippen LogP contribution in [0.25, 0.3) is 4.91 Å². The van der Waals surface area contributed by atoms with Crippen molar-refractivity contribution >= 4 is 16.7 Å².